The number of hydrogen-bond donors (Lipinski definition) is 1. The summed E-state index contributed by atoms with van der Waals surface area (Å²) in [5.74, 6) is 0.143. The van der Waals surface area contributed by atoms with Crippen LogP contribution in [-0.4, -0.2) is 66.6 Å². The Labute approximate surface area is 155 Å². The molecule has 1 N–H and O–H groups in total. The fourth-order valence-corrected chi connectivity index (χ4v) is 3.71. The number of esters is 1. The summed E-state index contributed by atoms with van der Waals surface area (Å²) in [7, 11) is 1.33. The maximum Gasteiger partial charge on any atom is 0.350 e. The highest BCUT2D eigenvalue weighted by Crippen LogP contribution is 2.28. The fraction of sp³-hybridized carbons (Fsp3) is 0.412. The van der Waals surface area contributed by atoms with E-state index in [1.54, 1.807) is 18.5 Å². The lowest BCUT2D eigenvalue weighted by molar-refractivity contribution is -0.117. The maximum absolute atomic E-state index is 12.4. The van der Waals surface area contributed by atoms with Gasteiger partial charge in [-0.05, 0) is 23.9 Å². The molecule has 2 aromatic heterocycles. The van der Waals surface area contributed by atoms with Crippen molar-refractivity contribution < 1.29 is 14.3 Å². The number of piperazine rings is 1. The second-order valence-electron chi connectivity index (χ2n) is 5.97. The molecule has 0 spiro atoms. The van der Waals surface area contributed by atoms with E-state index in [2.05, 4.69) is 25.1 Å². The van der Waals surface area contributed by atoms with Gasteiger partial charge in [-0.2, -0.15) is 0 Å². The summed E-state index contributed by atoms with van der Waals surface area (Å²) in [6.07, 6.45) is 3.45. The van der Waals surface area contributed by atoms with Gasteiger partial charge in [-0.1, -0.05) is 0 Å². The second-order valence-corrected chi connectivity index (χ2v) is 6.85. The van der Waals surface area contributed by atoms with Gasteiger partial charge < -0.3 is 15.0 Å². The lowest BCUT2D eigenvalue weighted by atomic mass is 10.2. The zero-order valence-corrected chi connectivity index (χ0v) is 15.6. The lowest BCUT2D eigenvalue weighted by Crippen LogP contribution is -2.49. The highest BCUT2D eigenvalue weighted by atomic mass is 32.1. The number of hydrogen-bond acceptors (Lipinski definition) is 8. The molecule has 0 radical (unpaired) electrons. The minimum atomic E-state index is -0.435. The molecule has 0 aromatic carbocycles. The van der Waals surface area contributed by atoms with Crippen molar-refractivity contribution in [1.29, 1.82) is 0 Å². The molecule has 8 nitrogen and oxygen atoms in total. The van der Waals surface area contributed by atoms with Gasteiger partial charge in [0.05, 0.1) is 19.3 Å². The third-order valence-electron chi connectivity index (χ3n) is 4.18. The average molecular weight is 375 g/mol. The van der Waals surface area contributed by atoms with Crippen LogP contribution in [0.5, 0.6) is 0 Å². The zero-order valence-electron chi connectivity index (χ0n) is 14.8. The van der Waals surface area contributed by atoms with E-state index < -0.39 is 5.97 Å². The highest BCUT2D eigenvalue weighted by molar-refractivity contribution is 7.12. The van der Waals surface area contributed by atoms with Gasteiger partial charge in [0.1, 0.15) is 4.88 Å². The first kappa shape index (κ1) is 18.3. The van der Waals surface area contributed by atoms with Gasteiger partial charge in [0.15, 0.2) is 0 Å². The molecule has 3 rings (SSSR count). The molecule has 0 unspecified atom stereocenters. The van der Waals surface area contributed by atoms with E-state index in [0.717, 1.165) is 31.7 Å². The Morgan fingerprint density at radius 2 is 1.92 bits per heavy atom. The number of ether oxygens (including phenoxy) is 1. The van der Waals surface area contributed by atoms with Crippen LogP contribution in [0.25, 0.3) is 0 Å². The van der Waals surface area contributed by atoms with Crippen molar-refractivity contribution in [2.75, 3.05) is 50.1 Å². The number of carbonyl (C=O) groups is 2. The Hall–Kier alpha value is -2.52. The van der Waals surface area contributed by atoms with E-state index in [9.17, 15) is 9.59 Å². The molecule has 2 aromatic rings. The van der Waals surface area contributed by atoms with Gasteiger partial charge in [-0.25, -0.2) is 14.8 Å². The number of anilines is 2. The quantitative estimate of drug-likeness (QED) is 0.790. The van der Waals surface area contributed by atoms with Crippen LogP contribution in [0.2, 0.25) is 0 Å². The molecule has 3 heterocycles. The third-order valence-corrected chi connectivity index (χ3v) is 5.26. The Bertz CT molecular complexity index is 772. The number of amides is 1. The van der Waals surface area contributed by atoms with E-state index in [0.29, 0.717) is 16.5 Å². The van der Waals surface area contributed by atoms with E-state index >= 15 is 0 Å². The van der Waals surface area contributed by atoms with Crippen molar-refractivity contribution in [3.05, 3.63) is 34.3 Å². The molecular weight excluding hydrogens is 354 g/mol. The summed E-state index contributed by atoms with van der Waals surface area (Å²) in [4.78, 5) is 37.3. The molecular formula is C17H21N5O3S. The van der Waals surface area contributed by atoms with E-state index in [1.807, 2.05) is 12.3 Å². The summed E-state index contributed by atoms with van der Waals surface area (Å²) in [5, 5.41) is 4.69. The van der Waals surface area contributed by atoms with Crippen molar-refractivity contribution in [2.24, 2.45) is 0 Å². The van der Waals surface area contributed by atoms with Gasteiger partial charge >= 0.3 is 5.97 Å². The number of carbonyl (C=O) groups excluding carboxylic acids is 2. The Kier molecular flexibility index (Phi) is 5.79. The topological polar surface area (TPSA) is 87.7 Å². The minimum Gasteiger partial charge on any atom is -0.465 e. The van der Waals surface area contributed by atoms with E-state index in [4.69, 9.17) is 4.74 Å². The number of aromatic nitrogens is 2. The SMILES string of the molecule is COC(=O)c1scc(C)c1NC(=O)CN1CCN(c2ncccn2)CC1. The molecule has 1 aliphatic heterocycles. The van der Waals surface area contributed by atoms with Crippen LogP contribution in [0.1, 0.15) is 15.2 Å². The molecule has 1 aliphatic rings. The van der Waals surface area contributed by atoms with Gasteiger partial charge in [0.2, 0.25) is 11.9 Å². The number of methoxy groups -OCH3 is 1. The molecule has 0 saturated carbocycles. The first-order valence-electron chi connectivity index (χ1n) is 8.29. The molecule has 0 bridgehead atoms. The molecule has 0 atom stereocenters. The molecule has 1 saturated heterocycles. The van der Waals surface area contributed by atoms with Crippen LogP contribution in [0, 0.1) is 6.92 Å². The van der Waals surface area contributed by atoms with Crippen molar-refractivity contribution in [2.45, 2.75) is 6.92 Å². The zero-order chi connectivity index (χ0) is 18.5. The van der Waals surface area contributed by atoms with Gasteiger partial charge in [0.25, 0.3) is 0 Å². The van der Waals surface area contributed by atoms with Crippen LogP contribution < -0.4 is 10.2 Å². The molecule has 1 fully saturated rings. The number of nitrogens with one attached hydrogen (secondary N) is 1. The Morgan fingerprint density at radius 3 is 2.58 bits per heavy atom. The Balaban J connectivity index is 1.54. The first-order chi connectivity index (χ1) is 12.6. The van der Waals surface area contributed by atoms with Gasteiger partial charge in [-0.15, -0.1) is 11.3 Å². The molecule has 26 heavy (non-hydrogen) atoms. The second kappa shape index (κ2) is 8.24. The van der Waals surface area contributed by atoms with Gasteiger partial charge in [-0.3, -0.25) is 9.69 Å². The van der Waals surface area contributed by atoms with Crippen LogP contribution in [0.15, 0.2) is 23.8 Å². The summed E-state index contributed by atoms with van der Waals surface area (Å²) < 4.78 is 4.77. The number of rotatable bonds is 5. The Morgan fingerprint density at radius 1 is 1.23 bits per heavy atom. The van der Waals surface area contributed by atoms with E-state index in [-0.39, 0.29) is 12.5 Å². The predicted molar refractivity (Wildman–Crippen MR) is 99.7 cm³/mol. The third kappa shape index (κ3) is 4.17. The largest absolute Gasteiger partial charge is 0.465 e. The molecule has 0 aliphatic carbocycles. The molecule has 1 amide bonds. The average Bonchev–Trinajstić information content (AvgIpc) is 3.03. The van der Waals surface area contributed by atoms with Crippen molar-refractivity contribution in [3.8, 4) is 0 Å². The monoisotopic (exact) mass is 375 g/mol. The molecule has 138 valence electrons. The van der Waals surface area contributed by atoms with Crippen molar-refractivity contribution >= 4 is 34.8 Å². The maximum atomic E-state index is 12.4. The van der Waals surface area contributed by atoms with E-state index in [1.165, 1.54) is 18.4 Å². The highest BCUT2D eigenvalue weighted by Gasteiger charge is 2.22. The van der Waals surface area contributed by atoms with Crippen LogP contribution >= 0.6 is 11.3 Å². The lowest BCUT2D eigenvalue weighted by Gasteiger charge is -2.34. The standard InChI is InChI=1S/C17H21N5O3S/c1-12-11-26-15(16(24)25-2)14(12)20-13(23)10-21-6-8-22(9-7-21)17-18-4-3-5-19-17/h3-5,11H,6-10H2,1-2H3,(H,20,23). The van der Waals surface area contributed by atoms with Crippen LogP contribution in [-0.2, 0) is 9.53 Å². The first-order valence-corrected chi connectivity index (χ1v) is 9.17. The van der Waals surface area contributed by atoms with Crippen LogP contribution in [0.3, 0.4) is 0 Å². The fourth-order valence-electron chi connectivity index (χ4n) is 2.79. The normalized spacial score (nSPS) is 14.9. The van der Waals surface area contributed by atoms with Crippen molar-refractivity contribution in [3.63, 3.8) is 0 Å². The van der Waals surface area contributed by atoms with Gasteiger partial charge in [0, 0.05) is 38.6 Å². The predicted octanol–water partition coefficient (Wildman–Crippen LogP) is 1.39. The number of aryl methyl sites for hydroxylation is 1. The number of nitrogens with zero attached hydrogens (tertiary/aromatic N) is 4. The summed E-state index contributed by atoms with van der Waals surface area (Å²) in [6.45, 7) is 5.16. The smallest absolute Gasteiger partial charge is 0.350 e. The molecule has 9 heteroatoms. The summed E-state index contributed by atoms with van der Waals surface area (Å²) in [6, 6.07) is 1.79. The summed E-state index contributed by atoms with van der Waals surface area (Å²) >= 11 is 1.27. The number of thiophene rings is 1. The van der Waals surface area contributed by atoms with Crippen LogP contribution in [0.4, 0.5) is 11.6 Å². The van der Waals surface area contributed by atoms with Crippen molar-refractivity contribution in [1.82, 2.24) is 14.9 Å². The summed E-state index contributed by atoms with van der Waals surface area (Å²) in [5.41, 5.74) is 1.40. The minimum absolute atomic E-state index is 0.138.